The van der Waals surface area contributed by atoms with E-state index in [-0.39, 0.29) is 17.7 Å². The summed E-state index contributed by atoms with van der Waals surface area (Å²) in [5, 5.41) is 9.02. The van der Waals surface area contributed by atoms with Gasteiger partial charge in [0.15, 0.2) is 17.1 Å². The number of nitrogens with zero attached hydrogens (tertiary/aromatic N) is 4. The van der Waals surface area contributed by atoms with Gasteiger partial charge in [0.25, 0.3) is 0 Å². The predicted octanol–water partition coefficient (Wildman–Crippen LogP) is 3.56. The lowest BCUT2D eigenvalue weighted by Crippen LogP contribution is -2.28. The van der Waals surface area contributed by atoms with Crippen LogP contribution in [0.5, 0.6) is 11.5 Å². The third-order valence-electron chi connectivity index (χ3n) is 5.11. The fraction of sp³-hybridized carbons (Fsp3) is 0.217. The van der Waals surface area contributed by atoms with Crippen molar-refractivity contribution in [3.05, 3.63) is 66.6 Å². The molecule has 0 spiro atoms. The molecule has 5 rings (SSSR count). The standard InChI is InChI=1S/C23H21N5O3S/c1-15(16-7-8-19-20(11-16)31-10-9-30-19)27-21(29)13-32-23-18-12-26-28(22(18)24-14-25-23)17-5-3-2-4-6-17/h2-8,11-12,14-15H,9-10,13H2,1H3,(H,27,29)/t15-/m1/s1. The van der Waals surface area contributed by atoms with Crippen LogP contribution < -0.4 is 14.8 Å². The van der Waals surface area contributed by atoms with E-state index in [4.69, 9.17) is 9.47 Å². The van der Waals surface area contributed by atoms with Crippen LogP contribution in [0.3, 0.4) is 0 Å². The first kappa shape index (κ1) is 20.3. The van der Waals surface area contributed by atoms with Crippen LogP contribution in [0, 0.1) is 0 Å². The Morgan fingerprint density at radius 2 is 1.94 bits per heavy atom. The molecule has 4 aromatic rings. The Labute approximate surface area is 189 Å². The van der Waals surface area contributed by atoms with E-state index in [1.807, 2.05) is 55.5 Å². The molecule has 1 N–H and O–H groups in total. The number of fused-ring (bicyclic) bond motifs is 2. The third kappa shape index (κ3) is 4.11. The summed E-state index contributed by atoms with van der Waals surface area (Å²) < 4.78 is 13.0. The second kappa shape index (κ2) is 8.88. The van der Waals surface area contributed by atoms with Crippen molar-refractivity contribution in [1.82, 2.24) is 25.1 Å². The topological polar surface area (TPSA) is 91.2 Å². The number of ether oxygens (including phenoxy) is 2. The average molecular weight is 448 g/mol. The molecule has 2 aromatic carbocycles. The summed E-state index contributed by atoms with van der Waals surface area (Å²) in [6.45, 7) is 3.03. The number of carbonyl (C=O) groups is 1. The average Bonchev–Trinajstić information content (AvgIpc) is 3.28. The van der Waals surface area contributed by atoms with Gasteiger partial charge in [-0.3, -0.25) is 4.79 Å². The van der Waals surface area contributed by atoms with Crippen LogP contribution in [0.1, 0.15) is 18.5 Å². The summed E-state index contributed by atoms with van der Waals surface area (Å²) >= 11 is 1.37. The molecule has 0 unspecified atom stereocenters. The van der Waals surface area contributed by atoms with Gasteiger partial charge in [0, 0.05) is 0 Å². The molecule has 0 fully saturated rings. The number of nitrogens with one attached hydrogen (secondary N) is 1. The summed E-state index contributed by atoms with van der Waals surface area (Å²) in [6.07, 6.45) is 3.24. The maximum atomic E-state index is 12.6. The molecule has 0 radical (unpaired) electrons. The van der Waals surface area contributed by atoms with Gasteiger partial charge in [0.05, 0.1) is 29.1 Å². The maximum absolute atomic E-state index is 12.6. The van der Waals surface area contributed by atoms with Crippen molar-refractivity contribution in [3.63, 3.8) is 0 Å². The van der Waals surface area contributed by atoms with E-state index in [9.17, 15) is 4.79 Å². The number of thioether (sulfide) groups is 1. The smallest absolute Gasteiger partial charge is 0.230 e. The van der Waals surface area contributed by atoms with E-state index in [0.717, 1.165) is 27.4 Å². The van der Waals surface area contributed by atoms with Crippen molar-refractivity contribution >= 4 is 28.7 Å². The van der Waals surface area contributed by atoms with Gasteiger partial charge in [-0.1, -0.05) is 36.0 Å². The summed E-state index contributed by atoms with van der Waals surface area (Å²) in [7, 11) is 0. The maximum Gasteiger partial charge on any atom is 0.230 e. The largest absolute Gasteiger partial charge is 0.486 e. The molecule has 1 aliphatic rings. The first-order valence-electron chi connectivity index (χ1n) is 10.2. The van der Waals surface area contributed by atoms with Crippen LogP contribution >= 0.6 is 11.8 Å². The van der Waals surface area contributed by atoms with Gasteiger partial charge in [-0.15, -0.1) is 0 Å². The lowest BCUT2D eigenvalue weighted by molar-refractivity contribution is -0.119. The Bertz CT molecular complexity index is 1260. The third-order valence-corrected chi connectivity index (χ3v) is 6.12. The molecule has 0 aliphatic carbocycles. The van der Waals surface area contributed by atoms with Gasteiger partial charge in [-0.05, 0) is 36.8 Å². The molecule has 2 aromatic heterocycles. The monoisotopic (exact) mass is 447 g/mol. The highest BCUT2D eigenvalue weighted by Gasteiger charge is 2.17. The predicted molar refractivity (Wildman–Crippen MR) is 121 cm³/mol. The molecule has 0 saturated carbocycles. The Kier molecular flexibility index (Phi) is 5.64. The molecule has 3 heterocycles. The van der Waals surface area contributed by atoms with Crippen LogP contribution in [-0.4, -0.2) is 44.6 Å². The first-order valence-corrected chi connectivity index (χ1v) is 11.2. The van der Waals surface area contributed by atoms with E-state index in [1.54, 1.807) is 10.9 Å². The minimum Gasteiger partial charge on any atom is -0.486 e. The first-order chi connectivity index (χ1) is 15.7. The highest BCUT2D eigenvalue weighted by molar-refractivity contribution is 8.00. The zero-order valence-corrected chi connectivity index (χ0v) is 18.2. The number of rotatable bonds is 6. The van der Waals surface area contributed by atoms with Crippen LogP contribution in [0.25, 0.3) is 16.7 Å². The van der Waals surface area contributed by atoms with E-state index >= 15 is 0 Å². The molecule has 1 aliphatic heterocycles. The van der Waals surface area contributed by atoms with Crippen molar-refractivity contribution in [3.8, 4) is 17.2 Å². The molecule has 8 nitrogen and oxygen atoms in total. The van der Waals surface area contributed by atoms with Crippen LogP contribution in [0.2, 0.25) is 0 Å². The van der Waals surface area contributed by atoms with Crippen molar-refractivity contribution in [2.75, 3.05) is 19.0 Å². The summed E-state index contributed by atoms with van der Waals surface area (Å²) in [4.78, 5) is 21.3. The Morgan fingerprint density at radius 1 is 1.12 bits per heavy atom. The van der Waals surface area contributed by atoms with Gasteiger partial charge in [0.1, 0.15) is 24.6 Å². The number of hydrogen-bond acceptors (Lipinski definition) is 7. The molecule has 0 bridgehead atoms. The molecule has 32 heavy (non-hydrogen) atoms. The van der Waals surface area contributed by atoms with Crippen molar-refractivity contribution in [2.24, 2.45) is 0 Å². The molecule has 1 atom stereocenters. The second-order valence-electron chi connectivity index (χ2n) is 7.29. The molecule has 9 heteroatoms. The zero-order chi connectivity index (χ0) is 21.9. The van der Waals surface area contributed by atoms with Gasteiger partial charge in [0.2, 0.25) is 5.91 Å². The number of carbonyl (C=O) groups excluding carboxylic acids is 1. The fourth-order valence-electron chi connectivity index (χ4n) is 3.53. The van der Waals surface area contributed by atoms with Crippen molar-refractivity contribution in [2.45, 2.75) is 18.0 Å². The summed E-state index contributed by atoms with van der Waals surface area (Å²) in [6, 6.07) is 15.4. The highest BCUT2D eigenvalue weighted by atomic mass is 32.2. The van der Waals surface area contributed by atoms with Crippen LogP contribution in [0.15, 0.2) is 66.1 Å². The number of hydrogen-bond donors (Lipinski definition) is 1. The quantitative estimate of drug-likeness (QED) is 0.357. The molecule has 0 saturated heterocycles. The minimum atomic E-state index is -0.162. The van der Waals surface area contributed by atoms with Gasteiger partial charge >= 0.3 is 0 Å². The van der Waals surface area contributed by atoms with E-state index in [2.05, 4.69) is 20.4 Å². The molecular weight excluding hydrogens is 426 g/mol. The summed E-state index contributed by atoms with van der Waals surface area (Å²) in [5.41, 5.74) is 2.59. The molecule has 162 valence electrons. The van der Waals surface area contributed by atoms with Gasteiger partial charge < -0.3 is 14.8 Å². The Balaban J connectivity index is 1.26. The number of para-hydroxylation sites is 1. The van der Waals surface area contributed by atoms with Crippen LogP contribution in [0.4, 0.5) is 0 Å². The van der Waals surface area contributed by atoms with Crippen molar-refractivity contribution < 1.29 is 14.3 Å². The van der Waals surface area contributed by atoms with E-state index < -0.39 is 0 Å². The molecular formula is C23H21N5O3S. The lowest BCUT2D eigenvalue weighted by Gasteiger charge is -2.21. The van der Waals surface area contributed by atoms with E-state index in [0.29, 0.717) is 24.6 Å². The Morgan fingerprint density at radius 3 is 2.78 bits per heavy atom. The van der Waals surface area contributed by atoms with Gasteiger partial charge in [-0.25, -0.2) is 14.6 Å². The second-order valence-corrected chi connectivity index (χ2v) is 8.25. The lowest BCUT2D eigenvalue weighted by atomic mass is 10.1. The summed E-state index contributed by atoms with van der Waals surface area (Å²) in [5.74, 6) is 1.60. The number of aromatic nitrogens is 4. The Hall–Kier alpha value is -3.59. The SMILES string of the molecule is C[C@@H](NC(=O)CSc1ncnc2c1cnn2-c1ccccc1)c1ccc2c(c1)OCCO2. The molecule has 1 amide bonds. The van der Waals surface area contributed by atoms with Crippen molar-refractivity contribution in [1.29, 1.82) is 0 Å². The zero-order valence-electron chi connectivity index (χ0n) is 17.4. The van der Waals surface area contributed by atoms with E-state index in [1.165, 1.54) is 18.1 Å². The van der Waals surface area contributed by atoms with Crippen LogP contribution in [-0.2, 0) is 4.79 Å². The number of amides is 1. The fourth-order valence-corrected chi connectivity index (χ4v) is 4.30. The number of benzene rings is 2. The van der Waals surface area contributed by atoms with Gasteiger partial charge in [-0.2, -0.15) is 5.10 Å². The normalized spacial score (nSPS) is 13.7. The highest BCUT2D eigenvalue weighted by Crippen LogP contribution is 2.32. The minimum absolute atomic E-state index is 0.0837.